The first kappa shape index (κ1) is 10.2. The van der Waals surface area contributed by atoms with E-state index in [1.54, 1.807) is 6.92 Å². The Bertz CT molecular complexity index is 362. The van der Waals surface area contributed by atoms with Gasteiger partial charge in [0.25, 0.3) is 6.43 Å². The van der Waals surface area contributed by atoms with Crippen molar-refractivity contribution in [3.05, 3.63) is 33.2 Å². The Balaban J connectivity index is 3.31. The second kappa shape index (κ2) is 3.87. The highest BCUT2D eigenvalue weighted by atomic mass is 35.5. The second-order valence-corrected chi connectivity index (χ2v) is 2.89. The maximum absolute atomic E-state index is 12.2. The lowest BCUT2D eigenvalue weighted by Gasteiger charge is -2.05. The molecule has 1 rings (SSSR count). The number of pyridine rings is 1. The molecular formula is C8H8ClF2NO. The molecule has 13 heavy (non-hydrogen) atoms. The predicted octanol–water partition coefficient (Wildman–Crippen LogP) is 2.36. The van der Waals surface area contributed by atoms with Crippen LogP contribution in [0.5, 0.6) is 0 Å². The van der Waals surface area contributed by atoms with Crippen LogP contribution in [0.15, 0.2) is 10.9 Å². The highest BCUT2D eigenvalue weighted by Crippen LogP contribution is 2.16. The first-order chi connectivity index (χ1) is 6.06. The molecular weight excluding hydrogens is 200 g/mol. The fourth-order valence-electron chi connectivity index (χ4n) is 0.953. The van der Waals surface area contributed by atoms with E-state index >= 15 is 0 Å². The number of aromatic nitrogens is 1. The zero-order valence-corrected chi connectivity index (χ0v) is 7.66. The molecule has 0 amide bonds. The Morgan fingerprint density at radius 3 is 2.69 bits per heavy atom. The minimum absolute atomic E-state index is 0.0294. The normalized spacial score (nSPS) is 10.8. The number of nitrogens with one attached hydrogen (secondary N) is 1. The van der Waals surface area contributed by atoms with Crippen molar-refractivity contribution in [2.45, 2.75) is 19.2 Å². The van der Waals surface area contributed by atoms with Gasteiger partial charge in [0, 0.05) is 17.3 Å². The third kappa shape index (κ3) is 2.06. The number of rotatable bonds is 2. The van der Waals surface area contributed by atoms with Crippen LogP contribution in [0.2, 0.25) is 0 Å². The van der Waals surface area contributed by atoms with Crippen LogP contribution in [0.3, 0.4) is 0 Å². The van der Waals surface area contributed by atoms with Gasteiger partial charge in [-0.3, -0.25) is 4.79 Å². The maximum atomic E-state index is 12.2. The van der Waals surface area contributed by atoms with Crippen LogP contribution in [0, 0.1) is 6.92 Å². The van der Waals surface area contributed by atoms with Gasteiger partial charge < -0.3 is 4.98 Å². The van der Waals surface area contributed by atoms with E-state index < -0.39 is 11.9 Å². The van der Waals surface area contributed by atoms with Gasteiger partial charge in [-0.05, 0) is 6.92 Å². The van der Waals surface area contributed by atoms with Crippen molar-refractivity contribution in [3.8, 4) is 0 Å². The van der Waals surface area contributed by atoms with E-state index in [1.807, 2.05) is 0 Å². The molecule has 0 aliphatic carbocycles. The summed E-state index contributed by atoms with van der Waals surface area (Å²) in [7, 11) is 0. The van der Waals surface area contributed by atoms with E-state index in [-0.39, 0.29) is 11.6 Å². The van der Waals surface area contributed by atoms with Gasteiger partial charge in [-0.2, -0.15) is 0 Å². The Morgan fingerprint density at radius 2 is 2.23 bits per heavy atom. The summed E-state index contributed by atoms with van der Waals surface area (Å²) in [5.74, 6) is 0.0294. The van der Waals surface area contributed by atoms with E-state index in [4.69, 9.17) is 11.6 Å². The number of hydrogen-bond acceptors (Lipinski definition) is 1. The molecule has 1 heterocycles. The molecule has 0 fully saturated rings. The average Bonchev–Trinajstić information content (AvgIpc) is 2.09. The van der Waals surface area contributed by atoms with Crippen LogP contribution in [-0.4, -0.2) is 4.98 Å². The molecule has 0 aromatic carbocycles. The third-order valence-corrected chi connectivity index (χ3v) is 2.04. The van der Waals surface area contributed by atoms with Gasteiger partial charge in [-0.25, -0.2) is 8.78 Å². The Labute approximate surface area is 78.5 Å². The standard InChI is InChI=1S/C8H8ClF2NO/c1-4-6(3-9)12-5(8(10)11)2-7(4)13/h2,8H,3H2,1H3,(H,12,13). The number of alkyl halides is 3. The van der Waals surface area contributed by atoms with Crippen molar-refractivity contribution in [2.75, 3.05) is 0 Å². The summed E-state index contributed by atoms with van der Waals surface area (Å²) in [5, 5.41) is 0. The van der Waals surface area contributed by atoms with Gasteiger partial charge in [0.05, 0.1) is 11.6 Å². The summed E-state index contributed by atoms with van der Waals surface area (Å²) in [5.41, 5.74) is -0.0557. The van der Waals surface area contributed by atoms with Gasteiger partial charge in [0.1, 0.15) is 0 Å². The largest absolute Gasteiger partial charge is 0.356 e. The Hall–Kier alpha value is -0.900. The van der Waals surface area contributed by atoms with E-state index in [1.165, 1.54) is 0 Å². The highest BCUT2D eigenvalue weighted by molar-refractivity contribution is 6.16. The van der Waals surface area contributed by atoms with Crippen LogP contribution in [-0.2, 0) is 5.88 Å². The number of H-pyrrole nitrogens is 1. The molecule has 0 radical (unpaired) electrons. The molecule has 1 N–H and O–H groups in total. The van der Waals surface area contributed by atoms with E-state index in [9.17, 15) is 13.6 Å². The molecule has 2 nitrogen and oxygen atoms in total. The SMILES string of the molecule is Cc1c(CCl)[nH]c(C(F)F)cc1=O. The summed E-state index contributed by atoms with van der Waals surface area (Å²) in [4.78, 5) is 13.5. The minimum atomic E-state index is -2.67. The number of aromatic amines is 1. The topological polar surface area (TPSA) is 32.9 Å². The van der Waals surface area contributed by atoms with Crippen molar-refractivity contribution in [2.24, 2.45) is 0 Å². The summed E-state index contributed by atoms with van der Waals surface area (Å²) >= 11 is 5.47. The highest BCUT2D eigenvalue weighted by Gasteiger charge is 2.11. The van der Waals surface area contributed by atoms with Crippen LogP contribution < -0.4 is 5.43 Å². The third-order valence-electron chi connectivity index (χ3n) is 1.77. The summed E-state index contributed by atoms with van der Waals surface area (Å²) in [6.07, 6.45) is -2.67. The van der Waals surface area contributed by atoms with Gasteiger partial charge in [0.15, 0.2) is 5.43 Å². The van der Waals surface area contributed by atoms with Gasteiger partial charge in [-0.15, -0.1) is 11.6 Å². The lowest BCUT2D eigenvalue weighted by molar-refractivity contribution is 0.145. The first-order valence-corrected chi connectivity index (χ1v) is 4.16. The molecule has 0 spiro atoms. The number of hydrogen-bond donors (Lipinski definition) is 1. The Morgan fingerprint density at radius 1 is 1.62 bits per heavy atom. The van der Waals surface area contributed by atoms with Crippen molar-refractivity contribution in [1.29, 1.82) is 0 Å². The molecule has 0 bridgehead atoms. The predicted molar refractivity (Wildman–Crippen MR) is 46.3 cm³/mol. The molecule has 0 saturated heterocycles. The Kier molecular flexibility index (Phi) is 3.03. The average molecular weight is 208 g/mol. The quantitative estimate of drug-likeness (QED) is 0.742. The van der Waals surface area contributed by atoms with Crippen LogP contribution in [0.4, 0.5) is 8.78 Å². The summed E-state index contributed by atoms with van der Waals surface area (Å²) in [6.45, 7) is 1.55. The maximum Gasteiger partial charge on any atom is 0.278 e. The minimum Gasteiger partial charge on any atom is -0.356 e. The van der Waals surface area contributed by atoms with Crippen molar-refractivity contribution in [3.63, 3.8) is 0 Å². The molecule has 0 atom stereocenters. The van der Waals surface area contributed by atoms with Gasteiger partial charge >= 0.3 is 0 Å². The zero-order chi connectivity index (χ0) is 10.0. The lowest BCUT2D eigenvalue weighted by atomic mass is 10.2. The molecule has 0 aliphatic rings. The fraction of sp³-hybridized carbons (Fsp3) is 0.375. The van der Waals surface area contributed by atoms with E-state index in [0.717, 1.165) is 6.07 Å². The molecule has 1 aromatic rings. The van der Waals surface area contributed by atoms with Gasteiger partial charge in [0.2, 0.25) is 0 Å². The van der Waals surface area contributed by atoms with Gasteiger partial charge in [-0.1, -0.05) is 0 Å². The molecule has 0 saturated carbocycles. The van der Waals surface area contributed by atoms with Crippen molar-refractivity contribution < 1.29 is 8.78 Å². The lowest BCUT2D eigenvalue weighted by Crippen LogP contribution is -2.11. The number of halogens is 3. The summed E-state index contributed by atoms with van der Waals surface area (Å²) < 4.78 is 24.4. The van der Waals surface area contributed by atoms with Crippen molar-refractivity contribution in [1.82, 2.24) is 4.98 Å². The van der Waals surface area contributed by atoms with Crippen LogP contribution in [0.25, 0.3) is 0 Å². The second-order valence-electron chi connectivity index (χ2n) is 2.63. The smallest absolute Gasteiger partial charge is 0.278 e. The monoisotopic (exact) mass is 207 g/mol. The summed E-state index contributed by atoms with van der Waals surface area (Å²) in [6, 6.07) is 0.899. The molecule has 0 unspecified atom stereocenters. The fourth-order valence-corrected chi connectivity index (χ4v) is 1.22. The molecule has 72 valence electrons. The molecule has 5 heteroatoms. The molecule has 0 aliphatic heterocycles. The van der Waals surface area contributed by atoms with Crippen LogP contribution in [0.1, 0.15) is 23.4 Å². The van der Waals surface area contributed by atoms with E-state index in [0.29, 0.717) is 11.3 Å². The molecule has 1 aromatic heterocycles. The first-order valence-electron chi connectivity index (χ1n) is 3.63. The zero-order valence-electron chi connectivity index (χ0n) is 6.90. The van der Waals surface area contributed by atoms with E-state index in [2.05, 4.69) is 4.98 Å². The van der Waals surface area contributed by atoms with Crippen LogP contribution >= 0.6 is 11.6 Å². The van der Waals surface area contributed by atoms with Crippen molar-refractivity contribution >= 4 is 11.6 Å².